The van der Waals surface area contributed by atoms with E-state index in [-0.39, 0.29) is 5.91 Å². The van der Waals surface area contributed by atoms with Crippen LogP contribution in [0.5, 0.6) is 0 Å². The minimum atomic E-state index is -0.0728. The van der Waals surface area contributed by atoms with Gasteiger partial charge in [-0.1, -0.05) is 11.6 Å². The molecule has 0 saturated carbocycles. The highest BCUT2D eigenvalue weighted by atomic mass is 35.5. The third kappa shape index (κ3) is 3.97. The first-order valence-electron chi connectivity index (χ1n) is 6.71. The Bertz CT molecular complexity index is 604. The van der Waals surface area contributed by atoms with Crippen LogP contribution in [0.2, 0.25) is 5.02 Å². The third-order valence-corrected chi connectivity index (χ3v) is 3.47. The SMILES string of the molecule is COCCN(CCOC)C(=O)c1cc2cc(Cl)ccc2[nH]1. The number of hydrogen-bond acceptors (Lipinski definition) is 3. The van der Waals surface area contributed by atoms with E-state index in [0.717, 1.165) is 10.9 Å². The number of halogens is 1. The highest BCUT2D eigenvalue weighted by molar-refractivity contribution is 6.31. The maximum Gasteiger partial charge on any atom is 0.270 e. The fraction of sp³-hybridized carbons (Fsp3) is 0.400. The molecule has 1 heterocycles. The molecular weight excluding hydrogens is 292 g/mol. The van der Waals surface area contributed by atoms with Gasteiger partial charge in [-0.05, 0) is 24.3 Å². The maximum absolute atomic E-state index is 12.6. The highest BCUT2D eigenvalue weighted by Crippen LogP contribution is 2.20. The fourth-order valence-electron chi connectivity index (χ4n) is 2.11. The van der Waals surface area contributed by atoms with Gasteiger partial charge in [0.1, 0.15) is 5.69 Å². The molecular formula is C15H19ClN2O3. The lowest BCUT2D eigenvalue weighted by Gasteiger charge is -2.21. The Kier molecular flexibility index (Phi) is 5.61. The van der Waals surface area contributed by atoms with E-state index in [9.17, 15) is 4.79 Å². The summed E-state index contributed by atoms with van der Waals surface area (Å²) in [6.07, 6.45) is 0. The highest BCUT2D eigenvalue weighted by Gasteiger charge is 2.17. The average molecular weight is 311 g/mol. The number of carbonyl (C=O) groups is 1. The summed E-state index contributed by atoms with van der Waals surface area (Å²) < 4.78 is 10.1. The number of carbonyl (C=O) groups excluding carboxylic acids is 1. The molecule has 0 aliphatic rings. The summed E-state index contributed by atoms with van der Waals surface area (Å²) in [5, 5.41) is 1.57. The molecule has 0 unspecified atom stereocenters. The molecule has 6 heteroatoms. The number of rotatable bonds is 7. The molecule has 2 rings (SSSR count). The van der Waals surface area contributed by atoms with Crippen molar-refractivity contribution in [2.75, 3.05) is 40.5 Å². The lowest BCUT2D eigenvalue weighted by atomic mass is 10.2. The van der Waals surface area contributed by atoms with E-state index in [1.165, 1.54) is 0 Å². The molecule has 0 bridgehead atoms. The van der Waals surface area contributed by atoms with Crippen LogP contribution >= 0.6 is 11.6 Å². The molecule has 1 amide bonds. The number of H-pyrrole nitrogens is 1. The van der Waals surface area contributed by atoms with Crippen molar-refractivity contribution < 1.29 is 14.3 Å². The number of amides is 1. The zero-order valence-electron chi connectivity index (χ0n) is 12.2. The van der Waals surface area contributed by atoms with Crippen molar-refractivity contribution in [1.29, 1.82) is 0 Å². The van der Waals surface area contributed by atoms with Crippen LogP contribution in [0, 0.1) is 0 Å². The Morgan fingerprint density at radius 1 is 1.19 bits per heavy atom. The molecule has 1 aromatic heterocycles. The smallest absolute Gasteiger partial charge is 0.270 e. The van der Waals surface area contributed by atoms with Gasteiger partial charge in [0.2, 0.25) is 0 Å². The standard InChI is InChI=1S/C15H19ClN2O3/c1-20-7-5-18(6-8-21-2)15(19)14-10-11-9-12(16)3-4-13(11)17-14/h3-4,9-10,17H,5-8H2,1-2H3. The number of fused-ring (bicyclic) bond motifs is 1. The van der Waals surface area contributed by atoms with Gasteiger partial charge in [0.25, 0.3) is 5.91 Å². The molecule has 5 nitrogen and oxygen atoms in total. The fourth-order valence-corrected chi connectivity index (χ4v) is 2.29. The first kappa shape index (κ1) is 15.8. The molecule has 1 aromatic carbocycles. The van der Waals surface area contributed by atoms with E-state index in [1.807, 2.05) is 18.2 Å². The van der Waals surface area contributed by atoms with Crippen molar-refractivity contribution in [2.24, 2.45) is 0 Å². The zero-order chi connectivity index (χ0) is 15.2. The number of hydrogen-bond donors (Lipinski definition) is 1. The number of ether oxygens (including phenoxy) is 2. The molecule has 0 aliphatic heterocycles. The number of benzene rings is 1. The van der Waals surface area contributed by atoms with Crippen molar-refractivity contribution in [3.63, 3.8) is 0 Å². The van der Waals surface area contributed by atoms with Crippen molar-refractivity contribution in [2.45, 2.75) is 0 Å². The van der Waals surface area contributed by atoms with E-state index < -0.39 is 0 Å². The predicted octanol–water partition coefficient (Wildman–Crippen LogP) is 2.56. The second kappa shape index (κ2) is 7.45. The van der Waals surface area contributed by atoms with Crippen LogP contribution < -0.4 is 0 Å². The summed E-state index contributed by atoms with van der Waals surface area (Å²) in [5.41, 5.74) is 1.43. The summed E-state index contributed by atoms with van der Waals surface area (Å²) in [6, 6.07) is 7.31. The van der Waals surface area contributed by atoms with Crippen LogP contribution in [0.25, 0.3) is 10.9 Å². The third-order valence-electron chi connectivity index (χ3n) is 3.23. The summed E-state index contributed by atoms with van der Waals surface area (Å²) in [7, 11) is 3.23. The van der Waals surface area contributed by atoms with Crippen LogP contribution in [-0.2, 0) is 9.47 Å². The molecule has 1 N–H and O–H groups in total. The van der Waals surface area contributed by atoms with E-state index in [1.54, 1.807) is 25.2 Å². The molecule has 0 aliphatic carbocycles. The van der Waals surface area contributed by atoms with Crippen LogP contribution in [0.1, 0.15) is 10.5 Å². The molecule has 0 saturated heterocycles. The van der Waals surface area contributed by atoms with Gasteiger partial charge < -0.3 is 19.4 Å². The lowest BCUT2D eigenvalue weighted by Crippen LogP contribution is -2.36. The summed E-state index contributed by atoms with van der Waals surface area (Å²) in [4.78, 5) is 17.4. The first-order valence-corrected chi connectivity index (χ1v) is 7.09. The molecule has 0 spiro atoms. The number of aromatic amines is 1. The second-order valence-corrected chi connectivity index (χ2v) is 5.13. The normalized spacial score (nSPS) is 11.0. The van der Waals surface area contributed by atoms with Crippen LogP contribution in [0.15, 0.2) is 24.3 Å². The zero-order valence-corrected chi connectivity index (χ0v) is 12.9. The molecule has 21 heavy (non-hydrogen) atoms. The van der Waals surface area contributed by atoms with Crippen molar-refractivity contribution in [3.8, 4) is 0 Å². The number of nitrogens with zero attached hydrogens (tertiary/aromatic N) is 1. The van der Waals surface area contributed by atoms with Gasteiger partial charge >= 0.3 is 0 Å². The Balaban J connectivity index is 2.20. The predicted molar refractivity (Wildman–Crippen MR) is 83.0 cm³/mol. The molecule has 0 fully saturated rings. The Hall–Kier alpha value is -1.56. The van der Waals surface area contributed by atoms with Gasteiger partial charge in [-0.15, -0.1) is 0 Å². The number of aromatic nitrogens is 1. The summed E-state index contributed by atoms with van der Waals surface area (Å²) in [6.45, 7) is 2.02. The molecule has 114 valence electrons. The van der Waals surface area contributed by atoms with Gasteiger partial charge in [0, 0.05) is 43.2 Å². The van der Waals surface area contributed by atoms with Crippen molar-refractivity contribution in [3.05, 3.63) is 35.0 Å². The quantitative estimate of drug-likeness (QED) is 0.855. The molecule has 2 aromatic rings. The van der Waals surface area contributed by atoms with Crippen molar-refractivity contribution in [1.82, 2.24) is 9.88 Å². The van der Waals surface area contributed by atoms with Crippen LogP contribution in [-0.4, -0.2) is 56.3 Å². The van der Waals surface area contributed by atoms with Gasteiger partial charge in [-0.2, -0.15) is 0 Å². The van der Waals surface area contributed by atoms with Crippen LogP contribution in [0.3, 0.4) is 0 Å². The average Bonchev–Trinajstić information content (AvgIpc) is 2.89. The van der Waals surface area contributed by atoms with Crippen LogP contribution in [0.4, 0.5) is 0 Å². The Labute approximate surface area is 128 Å². The van der Waals surface area contributed by atoms with Gasteiger partial charge in [-0.3, -0.25) is 4.79 Å². The van der Waals surface area contributed by atoms with Gasteiger partial charge in [0.15, 0.2) is 0 Å². The van der Waals surface area contributed by atoms with E-state index in [0.29, 0.717) is 37.0 Å². The topological polar surface area (TPSA) is 54.6 Å². The maximum atomic E-state index is 12.6. The monoisotopic (exact) mass is 310 g/mol. The number of methoxy groups -OCH3 is 2. The minimum absolute atomic E-state index is 0.0728. The summed E-state index contributed by atoms with van der Waals surface area (Å²) >= 11 is 5.96. The molecule has 0 atom stereocenters. The van der Waals surface area contributed by atoms with E-state index >= 15 is 0 Å². The summed E-state index contributed by atoms with van der Waals surface area (Å²) in [5.74, 6) is -0.0728. The van der Waals surface area contributed by atoms with E-state index in [4.69, 9.17) is 21.1 Å². The van der Waals surface area contributed by atoms with Crippen molar-refractivity contribution >= 4 is 28.4 Å². The van der Waals surface area contributed by atoms with Gasteiger partial charge in [0.05, 0.1) is 13.2 Å². The Morgan fingerprint density at radius 2 is 1.86 bits per heavy atom. The first-order chi connectivity index (χ1) is 10.2. The minimum Gasteiger partial charge on any atom is -0.383 e. The van der Waals surface area contributed by atoms with Gasteiger partial charge in [-0.25, -0.2) is 0 Å². The molecule has 0 radical (unpaired) electrons. The number of nitrogens with one attached hydrogen (secondary N) is 1. The second-order valence-electron chi connectivity index (χ2n) is 4.69. The lowest BCUT2D eigenvalue weighted by molar-refractivity contribution is 0.0623. The van der Waals surface area contributed by atoms with E-state index in [2.05, 4.69) is 4.98 Å². The largest absolute Gasteiger partial charge is 0.383 e. The Morgan fingerprint density at radius 3 is 2.48 bits per heavy atom.